The van der Waals surface area contributed by atoms with Gasteiger partial charge in [-0.3, -0.25) is 0 Å². The van der Waals surface area contributed by atoms with Gasteiger partial charge in [-0.15, -0.1) is 0 Å². The Labute approximate surface area is 116 Å². The number of hydrogen-bond acceptors (Lipinski definition) is 4. The van der Waals surface area contributed by atoms with Crippen LogP contribution in [0.1, 0.15) is 11.4 Å². The van der Waals surface area contributed by atoms with Crippen molar-refractivity contribution in [2.24, 2.45) is 0 Å². The highest BCUT2D eigenvalue weighted by Gasteiger charge is 2.17. The number of methoxy groups -OCH3 is 1. The van der Waals surface area contributed by atoms with Gasteiger partial charge in [0.25, 0.3) is 0 Å². The first-order valence-corrected chi connectivity index (χ1v) is 6.53. The minimum Gasteiger partial charge on any atom is -0.492 e. The molecule has 2 aromatic rings. The third-order valence-corrected chi connectivity index (χ3v) is 3.29. The topological polar surface area (TPSA) is 47.1 Å². The summed E-state index contributed by atoms with van der Waals surface area (Å²) >= 11 is 5.20. The molecule has 0 aliphatic carbocycles. The Morgan fingerprint density at radius 1 is 1.47 bits per heavy atom. The van der Waals surface area contributed by atoms with E-state index in [-0.39, 0.29) is 0 Å². The molecule has 3 rings (SSSR count). The molecule has 1 aromatic heterocycles. The lowest BCUT2D eigenvalue weighted by atomic mass is 10.1. The van der Waals surface area contributed by atoms with Crippen LogP contribution >= 0.6 is 12.2 Å². The molecule has 0 saturated heterocycles. The van der Waals surface area contributed by atoms with Gasteiger partial charge in [0.2, 0.25) is 0 Å². The normalized spacial score (nSPS) is 13.1. The number of aromatic nitrogens is 2. The summed E-state index contributed by atoms with van der Waals surface area (Å²) in [7, 11) is 1.63. The van der Waals surface area contributed by atoms with Crippen molar-refractivity contribution in [3.63, 3.8) is 0 Å². The molecule has 1 aliphatic rings. The summed E-state index contributed by atoms with van der Waals surface area (Å²) < 4.78 is 11.4. The van der Waals surface area contributed by atoms with Crippen molar-refractivity contribution in [2.75, 3.05) is 13.7 Å². The molecule has 5 heteroatoms. The molecular formula is C14H14N2O2S. The Bertz CT molecular complexity index is 667. The van der Waals surface area contributed by atoms with E-state index in [4.69, 9.17) is 21.7 Å². The molecule has 4 nitrogen and oxygen atoms in total. The molecule has 0 bridgehead atoms. The van der Waals surface area contributed by atoms with Gasteiger partial charge < -0.3 is 14.5 Å². The van der Waals surface area contributed by atoms with E-state index in [0.717, 1.165) is 35.9 Å². The minimum atomic E-state index is 0.410. The van der Waals surface area contributed by atoms with Crippen molar-refractivity contribution < 1.29 is 9.47 Å². The smallest absolute Gasteiger partial charge is 0.134 e. The fourth-order valence-corrected chi connectivity index (χ4v) is 2.51. The van der Waals surface area contributed by atoms with E-state index in [9.17, 15) is 0 Å². The van der Waals surface area contributed by atoms with Crippen LogP contribution in [-0.4, -0.2) is 23.7 Å². The number of rotatable bonds is 3. The zero-order valence-corrected chi connectivity index (χ0v) is 11.4. The maximum atomic E-state index is 5.72. The van der Waals surface area contributed by atoms with Crippen molar-refractivity contribution in [3.05, 3.63) is 40.3 Å². The van der Waals surface area contributed by atoms with E-state index in [2.05, 4.69) is 16.0 Å². The lowest BCUT2D eigenvalue weighted by Gasteiger charge is -2.09. The summed E-state index contributed by atoms with van der Waals surface area (Å²) in [6.45, 7) is 1.15. The van der Waals surface area contributed by atoms with E-state index in [1.165, 1.54) is 5.56 Å². The third kappa shape index (κ3) is 2.39. The number of H-pyrrole nitrogens is 1. The summed E-state index contributed by atoms with van der Waals surface area (Å²) in [4.78, 5) is 7.49. The van der Waals surface area contributed by atoms with Crippen LogP contribution in [0.5, 0.6) is 5.75 Å². The van der Waals surface area contributed by atoms with Gasteiger partial charge in [-0.05, 0) is 17.7 Å². The van der Waals surface area contributed by atoms with Crippen molar-refractivity contribution in [1.82, 2.24) is 9.97 Å². The zero-order chi connectivity index (χ0) is 13.2. The Hall–Kier alpha value is -1.72. The molecule has 0 unspecified atom stereocenters. The average molecular weight is 274 g/mol. The maximum absolute atomic E-state index is 5.72. The van der Waals surface area contributed by atoms with Crippen LogP contribution in [0.15, 0.2) is 24.3 Å². The van der Waals surface area contributed by atoms with Crippen LogP contribution in [0, 0.1) is 4.64 Å². The van der Waals surface area contributed by atoms with E-state index in [1.807, 2.05) is 18.2 Å². The summed E-state index contributed by atoms with van der Waals surface area (Å²) in [6.07, 6.45) is 0.958. The molecule has 0 atom stereocenters. The summed E-state index contributed by atoms with van der Waals surface area (Å²) in [6, 6.07) is 8.01. The largest absolute Gasteiger partial charge is 0.492 e. The average Bonchev–Trinajstić information content (AvgIpc) is 2.86. The van der Waals surface area contributed by atoms with Gasteiger partial charge in [0.15, 0.2) is 0 Å². The summed E-state index contributed by atoms with van der Waals surface area (Å²) in [5.41, 5.74) is 3.19. The number of fused-ring (bicyclic) bond motifs is 1. The fourth-order valence-electron chi connectivity index (χ4n) is 2.29. The van der Waals surface area contributed by atoms with Crippen LogP contribution in [0.4, 0.5) is 0 Å². The molecule has 2 heterocycles. The van der Waals surface area contributed by atoms with Gasteiger partial charge >= 0.3 is 0 Å². The monoisotopic (exact) mass is 274 g/mol. The molecule has 98 valence electrons. The van der Waals surface area contributed by atoms with Gasteiger partial charge in [-0.2, -0.15) is 0 Å². The first kappa shape index (κ1) is 12.3. The lowest BCUT2D eigenvalue weighted by molar-refractivity contribution is 0.177. The number of aromatic amines is 1. The molecule has 0 amide bonds. The minimum absolute atomic E-state index is 0.410. The summed E-state index contributed by atoms with van der Waals surface area (Å²) in [5, 5.41) is 0. The van der Waals surface area contributed by atoms with Crippen LogP contribution in [0.2, 0.25) is 0 Å². The lowest BCUT2D eigenvalue weighted by Crippen LogP contribution is -1.99. The second-order valence-electron chi connectivity index (χ2n) is 4.41. The van der Waals surface area contributed by atoms with Gasteiger partial charge in [0.1, 0.15) is 22.8 Å². The predicted octanol–water partition coefficient (Wildman–Crippen LogP) is 2.89. The molecule has 1 aliphatic heterocycles. The van der Waals surface area contributed by atoms with Crippen LogP contribution in [0.3, 0.4) is 0 Å². The Morgan fingerprint density at radius 3 is 3.21 bits per heavy atom. The van der Waals surface area contributed by atoms with Crippen molar-refractivity contribution >= 4 is 12.2 Å². The quantitative estimate of drug-likeness (QED) is 0.874. The molecule has 19 heavy (non-hydrogen) atoms. The third-order valence-electron chi connectivity index (χ3n) is 3.08. The van der Waals surface area contributed by atoms with Gasteiger partial charge in [0, 0.05) is 19.1 Å². The first-order valence-electron chi connectivity index (χ1n) is 6.12. The molecule has 1 aromatic carbocycles. The number of benzene rings is 1. The Morgan fingerprint density at radius 2 is 2.37 bits per heavy atom. The highest BCUT2D eigenvalue weighted by atomic mass is 32.1. The molecule has 0 spiro atoms. The number of ether oxygens (including phenoxy) is 2. The fraction of sp³-hybridized carbons (Fsp3) is 0.286. The number of para-hydroxylation sites is 1. The predicted molar refractivity (Wildman–Crippen MR) is 74.8 cm³/mol. The van der Waals surface area contributed by atoms with E-state index in [0.29, 0.717) is 11.2 Å². The molecule has 0 fully saturated rings. The Balaban J connectivity index is 2.12. The van der Waals surface area contributed by atoms with Crippen molar-refractivity contribution in [1.29, 1.82) is 0 Å². The highest BCUT2D eigenvalue weighted by Crippen LogP contribution is 2.35. The van der Waals surface area contributed by atoms with E-state index >= 15 is 0 Å². The second-order valence-corrected chi connectivity index (χ2v) is 4.82. The molecule has 0 saturated carbocycles. The van der Waals surface area contributed by atoms with Crippen LogP contribution < -0.4 is 4.74 Å². The first-order chi connectivity index (χ1) is 9.28. The van der Waals surface area contributed by atoms with E-state index in [1.54, 1.807) is 7.11 Å². The molecule has 0 radical (unpaired) electrons. The van der Waals surface area contributed by atoms with Gasteiger partial charge in [-0.1, -0.05) is 24.4 Å². The van der Waals surface area contributed by atoms with Crippen LogP contribution in [-0.2, 0) is 17.8 Å². The number of nitrogens with zero attached hydrogens (tertiary/aromatic N) is 1. The van der Waals surface area contributed by atoms with E-state index < -0.39 is 0 Å². The van der Waals surface area contributed by atoms with Gasteiger partial charge in [-0.25, -0.2) is 4.98 Å². The maximum Gasteiger partial charge on any atom is 0.134 e. The van der Waals surface area contributed by atoms with Crippen molar-refractivity contribution in [2.45, 2.75) is 13.0 Å². The SMILES string of the molecule is COCc1nc(=S)cc(-c2cccc3c2OCC3)[nH]1. The zero-order valence-electron chi connectivity index (χ0n) is 10.6. The summed E-state index contributed by atoms with van der Waals surface area (Å²) in [5.74, 6) is 1.67. The van der Waals surface area contributed by atoms with Crippen LogP contribution in [0.25, 0.3) is 11.3 Å². The highest BCUT2D eigenvalue weighted by molar-refractivity contribution is 7.71. The molecule has 1 N–H and O–H groups in total. The Kier molecular flexibility index (Phi) is 3.31. The standard InChI is InChI=1S/C14H14N2O2S/c1-17-8-12-15-11(7-13(19)16-12)10-4-2-3-9-5-6-18-14(9)10/h2-4,7H,5-6,8H2,1H3,(H,15,16,19). The van der Waals surface area contributed by atoms with Gasteiger partial charge in [0.05, 0.1) is 12.3 Å². The number of nitrogens with one attached hydrogen (secondary N) is 1. The van der Waals surface area contributed by atoms with Crippen molar-refractivity contribution in [3.8, 4) is 17.0 Å². The molecular weight excluding hydrogens is 260 g/mol. The second kappa shape index (κ2) is 5.11. The number of hydrogen-bond donors (Lipinski definition) is 1.